The highest BCUT2D eigenvalue weighted by Gasteiger charge is 2.22. The van der Waals surface area contributed by atoms with Crippen LogP contribution in [0.1, 0.15) is 24.8 Å². The molecule has 0 radical (unpaired) electrons. The minimum Gasteiger partial charge on any atom is -0.370 e. The van der Waals surface area contributed by atoms with Crippen molar-refractivity contribution in [2.45, 2.75) is 31.7 Å². The van der Waals surface area contributed by atoms with Crippen molar-refractivity contribution in [2.75, 3.05) is 32.7 Å². The molecule has 6 amide bonds. The molecule has 1 atom stereocenters. The summed E-state index contributed by atoms with van der Waals surface area (Å²) < 4.78 is 0. The molecule has 1 aromatic carbocycles. The van der Waals surface area contributed by atoms with Gasteiger partial charge in [0, 0.05) is 32.4 Å². The fourth-order valence-electron chi connectivity index (χ4n) is 2.79. The molecule has 0 aliphatic heterocycles. The van der Waals surface area contributed by atoms with E-state index in [1.807, 2.05) is 6.07 Å². The van der Waals surface area contributed by atoms with Crippen LogP contribution in [0.15, 0.2) is 30.3 Å². The van der Waals surface area contributed by atoms with E-state index in [2.05, 4.69) is 26.6 Å². The second kappa shape index (κ2) is 16.6. The third-order valence-electron chi connectivity index (χ3n) is 4.54. The molecule has 0 heterocycles. The Morgan fingerprint density at radius 1 is 0.743 bits per heavy atom. The smallest absolute Gasteiger partial charge is 0.243 e. The van der Waals surface area contributed by atoms with Gasteiger partial charge in [0.15, 0.2) is 0 Å². The lowest BCUT2D eigenvalue weighted by Crippen LogP contribution is -2.52. The van der Waals surface area contributed by atoms with Gasteiger partial charge < -0.3 is 38.1 Å². The van der Waals surface area contributed by atoms with Crippen LogP contribution in [-0.4, -0.2) is 74.2 Å². The Kier molecular flexibility index (Phi) is 13.8. The Bertz CT molecular complexity index is 878. The van der Waals surface area contributed by atoms with Crippen LogP contribution in [-0.2, 0) is 35.2 Å². The zero-order valence-corrected chi connectivity index (χ0v) is 19.4. The number of benzene rings is 1. The summed E-state index contributed by atoms with van der Waals surface area (Å²) in [7, 11) is 0. The Morgan fingerprint density at radius 2 is 1.34 bits per heavy atom. The van der Waals surface area contributed by atoms with Gasteiger partial charge >= 0.3 is 0 Å². The van der Waals surface area contributed by atoms with E-state index in [0.29, 0.717) is 6.42 Å². The van der Waals surface area contributed by atoms with Crippen molar-refractivity contribution in [3.8, 4) is 0 Å². The summed E-state index contributed by atoms with van der Waals surface area (Å²) in [5.41, 5.74) is 11.1. The monoisotopic (exact) mass is 491 g/mol. The van der Waals surface area contributed by atoms with Crippen LogP contribution in [0.2, 0.25) is 0 Å². The normalized spacial score (nSPS) is 11.0. The predicted octanol–water partition coefficient (Wildman–Crippen LogP) is -3.21. The number of amides is 6. The lowest BCUT2D eigenvalue weighted by atomic mass is 10.1. The van der Waals surface area contributed by atoms with Crippen LogP contribution >= 0.6 is 0 Å². The van der Waals surface area contributed by atoms with E-state index in [-0.39, 0.29) is 51.3 Å². The first kappa shape index (κ1) is 29.0. The van der Waals surface area contributed by atoms with Crippen LogP contribution in [0.4, 0.5) is 0 Å². The van der Waals surface area contributed by atoms with Gasteiger partial charge in [-0.05, 0) is 12.0 Å². The standard InChI is InChI=1S/C22H33N7O6/c23-9-8-18(31)26-12-20(33)27-14-21(34)29-16(11-15-5-2-1-3-6-15)22(35)28-13-19(32)25-10-4-7-17(24)30/h1-3,5-6,16H,4,7-14,23H2,(H2,24,30)(H,25,32)(H,26,31)(H,27,33)(H,28,35)(H,29,34)/t16-/m0/s1. The number of carbonyl (C=O) groups excluding carboxylic acids is 6. The van der Waals surface area contributed by atoms with E-state index in [1.54, 1.807) is 24.3 Å². The number of hydrogen-bond acceptors (Lipinski definition) is 7. The van der Waals surface area contributed by atoms with Crippen molar-refractivity contribution in [3.63, 3.8) is 0 Å². The maximum absolute atomic E-state index is 12.7. The molecule has 13 heteroatoms. The van der Waals surface area contributed by atoms with Crippen LogP contribution in [0.25, 0.3) is 0 Å². The molecule has 0 spiro atoms. The van der Waals surface area contributed by atoms with Gasteiger partial charge in [-0.1, -0.05) is 30.3 Å². The third kappa shape index (κ3) is 14.0. The highest BCUT2D eigenvalue weighted by Crippen LogP contribution is 2.03. The van der Waals surface area contributed by atoms with E-state index in [9.17, 15) is 28.8 Å². The largest absolute Gasteiger partial charge is 0.370 e. The molecule has 0 bridgehead atoms. The van der Waals surface area contributed by atoms with Gasteiger partial charge in [-0.3, -0.25) is 28.8 Å². The first-order valence-electron chi connectivity index (χ1n) is 11.1. The maximum atomic E-state index is 12.7. The summed E-state index contributed by atoms with van der Waals surface area (Å²) in [4.78, 5) is 70.8. The minimum absolute atomic E-state index is 0.0788. The summed E-state index contributed by atoms with van der Waals surface area (Å²) in [6, 6.07) is 7.93. The second-order valence-electron chi connectivity index (χ2n) is 7.54. The summed E-state index contributed by atoms with van der Waals surface area (Å²) in [6.45, 7) is -0.666. The molecular weight excluding hydrogens is 458 g/mol. The zero-order chi connectivity index (χ0) is 26.1. The van der Waals surface area contributed by atoms with Crippen LogP contribution < -0.4 is 38.1 Å². The molecule has 35 heavy (non-hydrogen) atoms. The van der Waals surface area contributed by atoms with Crippen molar-refractivity contribution >= 4 is 35.4 Å². The average molecular weight is 492 g/mol. The van der Waals surface area contributed by atoms with Crippen molar-refractivity contribution in [2.24, 2.45) is 11.5 Å². The van der Waals surface area contributed by atoms with Gasteiger partial charge in [0.25, 0.3) is 0 Å². The molecule has 1 rings (SSSR count). The molecule has 0 aliphatic carbocycles. The molecule has 0 aliphatic rings. The lowest BCUT2D eigenvalue weighted by Gasteiger charge is -2.19. The molecule has 13 nitrogen and oxygen atoms in total. The van der Waals surface area contributed by atoms with Gasteiger partial charge in [0.2, 0.25) is 35.4 Å². The first-order chi connectivity index (χ1) is 16.7. The number of hydrogen-bond donors (Lipinski definition) is 7. The second-order valence-corrected chi connectivity index (χ2v) is 7.54. The fourth-order valence-corrected chi connectivity index (χ4v) is 2.79. The number of nitrogens with two attached hydrogens (primary N) is 2. The highest BCUT2D eigenvalue weighted by atomic mass is 16.2. The zero-order valence-electron chi connectivity index (χ0n) is 19.4. The van der Waals surface area contributed by atoms with Crippen molar-refractivity contribution in [1.82, 2.24) is 26.6 Å². The Hall–Kier alpha value is -4.00. The predicted molar refractivity (Wildman–Crippen MR) is 126 cm³/mol. The van der Waals surface area contributed by atoms with Gasteiger partial charge in [-0.15, -0.1) is 0 Å². The Balaban J connectivity index is 2.56. The van der Waals surface area contributed by atoms with Gasteiger partial charge in [-0.2, -0.15) is 0 Å². The van der Waals surface area contributed by atoms with E-state index < -0.39 is 42.1 Å². The van der Waals surface area contributed by atoms with Crippen LogP contribution in [0, 0.1) is 0 Å². The van der Waals surface area contributed by atoms with Crippen molar-refractivity contribution < 1.29 is 28.8 Å². The highest BCUT2D eigenvalue weighted by molar-refractivity contribution is 5.92. The maximum Gasteiger partial charge on any atom is 0.243 e. The number of nitrogens with one attached hydrogen (secondary N) is 5. The molecule has 192 valence electrons. The molecule has 1 aromatic rings. The van der Waals surface area contributed by atoms with E-state index in [4.69, 9.17) is 11.5 Å². The number of primary amides is 1. The molecule has 0 saturated heterocycles. The Morgan fingerprint density at radius 3 is 2.00 bits per heavy atom. The summed E-state index contributed by atoms with van der Waals surface area (Å²) in [5.74, 6) is -3.11. The van der Waals surface area contributed by atoms with Gasteiger partial charge in [0.1, 0.15) is 6.04 Å². The van der Waals surface area contributed by atoms with E-state index >= 15 is 0 Å². The molecule has 0 aromatic heterocycles. The lowest BCUT2D eigenvalue weighted by molar-refractivity contribution is -0.131. The van der Waals surface area contributed by atoms with Gasteiger partial charge in [-0.25, -0.2) is 0 Å². The average Bonchev–Trinajstić information content (AvgIpc) is 2.83. The quantitative estimate of drug-likeness (QED) is 0.117. The van der Waals surface area contributed by atoms with Crippen LogP contribution in [0.5, 0.6) is 0 Å². The molecule has 0 unspecified atom stereocenters. The fraction of sp³-hybridized carbons (Fsp3) is 0.455. The summed E-state index contributed by atoms with van der Waals surface area (Å²) >= 11 is 0. The number of carbonyl (C=O) groups is 6. The van der Waals surface area contributed by atoms with Crippen molar-refractivity contribution in [3.05, 3.63) is 35.9 Å². The summed E-state index contributed by atoms with van der Waals surface area (Å²) in [5, 5.41) is 12.3. The first-order valence-corrected chi connectivity index (χ1v) is 11.1. The van der Waals surface area contributed by atoms with E-state index in [1.165, 1.54) is 0 Å². The number of rotatable bonds is 16. The molecule has 0 fully saturated rings. The third-order valence-corrected chi connectivity index (χ3v) is 4.54. The van der Waals surface area contributed by atoms with Gasteiger partial charge in [0.05, 0.1) is 19.6 Å². The van der Waals surface area contributed by atoms with Crippen molar-refractivity contribution in [1.29, 1.82) is 0 Å². The summed E-state index contributed by atoms with van der Waals surface area (Å²) in [6.07, 6.45) is 0.746. The molecule has 0 saturated carbocycles. The Labute approximate surface area is 203 Å². The molecular formula is C22H33N7O6. The SMILES string of the molecule is NCCC(=O)NCC(=O)NCC(=O)N[C@@H](Cc1ccccc1)C(=O)NCC(=O)NCCCC(N)=O. The molecule has 9 N–H and O–H groups in total. The van der Waals surface area contributed by atoms with E-state index in [0.717, 1.165) is 5.56 Å². The van der Waals surface area contributed by atoms with Crippen LogP contribution in [0.3, 0.4) is 0 Å². The minimum atomic E-state index is -1.01. The topological polar surface area (TPSA) is 215 Å².